The van der Waals surface area contributed by atoms with Crippen LogP contribution >= 0.6 is 0 Å². The van der Waals surface area contributed by atoms with Crippen LogP contribution in [-0.2, 0) is 6.42 Å². The van der Waals surface area contributed by atoms with Crippen molar-refractivity contribution in [3.8, 4) is 6.07 Å². The standard InChI is InChI=1S/C17H16F2N2/c1-11(7-14-5-3-4-6-15(14)18)21-17-9-13(10-20)8-16(19)12(17)2/h3-6,8-9,11,21H,7H2,1-2H3. The minimum absolute atomic E-state index is 0.0889. The summed E-state index contributed by atoms with van der Waals surface area (Å²) in [6.45, 7) is 3.54. The topological polar surface area (TPSA) is 35.8 Å². The lowest BCUT2D eigenvalue weighted by atomic mass is 10.0. The van der Waals surface area contributed by atoms with E-state index in [1.807, 2.05) is 13.0 Å². The summed E-state index contributed by atoms with van der Waals surface area (Å²) in [5.41, 5.74) is 1.88. The van der Waals surface area contributed by atoms with Crippen molar-refractivity contribution in [1.82, 2.24) is 0 Å². The van der Waals surface area contributed by atoms with E-state index in [1.54, 1.807) is 31.2 Å². The lowest BCUT2D eigenvalue weighted by molar-refractivity contribution is 0.600. The van der Waals surface area contributed by atoms with Crippen LogP contribution in [0.5, 0.6) is 0 Å². The van der Waals surface area contributed by atoms with Crippen molar-refractivity contribution in [3.63, 3.8) is 0 Å². The van der Waals surface area contributed by atoms with E-state index < -0.39 is 5.82 Å². The molecule has 0 aliphatic rings. The maximum atomic E-state index is 13.7. The Balaban J connectivity index is 2.17. The summed E-state index contributed by atoms with van der Waals surface area (Å²) in [6, 6.07) is 11.2. The average molecular weight is 286 g/mol. The van der Waals surface area contributed by atoms with Crippen molar-refractivity contribution in [1.29, 1.82) is 5.26 Å². The molecule has 21 heavy (non-hydrogen) atoms. The van der Waals surface area contributed by atoms with Crippen molar-refractivity contribution in [2.24, 2.45) is 0 Å². The molecule has 2 aromatic carbocycles. The number of rotatable bonds is 4. The molecule has 1 N–H and O–H groups in total. The van der Waals surface area contributed by atoms with Gasteiger partial charge >= 0.3 is 0 Å². The quantitative estimate of drug-likeness (QED) is 0.914. The van der Waals surface area contributed by atoms with Gasteiger partial charge in [-0.2, -0.15) is 5.26 Å². The molecule has 0 aliphatic heterocycles. The first-order valence-corrected chi connectivity index (χ1v) is 6.71. The highest BCUT2D eigenvalue weighted by Gasteiger charge is 2.11. The third kappa shape index (κ3) is 3.57. The number of nitriles is 1. The molecule has 1 atom stereocenters. The lowest BCUT2D eigenvalue weighted by Gasteiger charge is -2.18. The Labute approximate surface area is 123 Å². The summed E-state index contributed by atoms with van der Waals surface area (Å²) >= 11 is 0. The smallest absolute Gasteiger partial charge is 0.129 e. The average Bonchev–Trinajstić information content (AvgIpc) is 2.46. The monoisotopic (exact) mass is 286 g/mol. The lowest BCUT2D eigenvalue weighted by Crippen LogP contribution is -2.19. The van der Waals surface area contributed by atoms with Crippen molar-refractivity contribution in [2.45, 2.75) is 26.3 Å². The molecule has 0 heterocycles. The largest absolute Gasteiger partial charge is 0.382 e. The first-order chi connectivity index (χ1) is 10.0. The van der Waals surface area contributed by atoms with E-state index in [4.69, 9.17) is 5.26 Å². The van der Waals surface area contributed by atoms with E-state index in [-0.39, 0.29) is 17.4 Å². The van der Waals surface area contributed by atoms with Crippen molar-refractivity contribution in [3.05, 3.63) is 64.7 Å². The van der Waals surface area contributed by atoms with E-state index >= 15 is 0 Å². The van der Waals surface area contributed by atoms with Gasteiger partial charge in [0.2, 0.25) is 0 Å². The maximum Gasteiger partial charge on any atom is 0.129 e. The zero-order chi connectivity index (χ0) is 15.4. The van der Waals surface area contributed by atoms with Gasteiger partial charge in [-0.3, -0.25) is 0 Å². The fraction of sp³-hybridized carbons (Fsp3) is 0.235. The second kappa shape index (κ2) is 6.36. The van der Waals surface area contributed by atoms with Crippen molar-refractivity contribution < 1.29 is 8.78 Å². The molecule has 0 aliphatic carbocycles. The number of nitrogens with one attached hydrogen (secondary N) is 1. The Bertz CT molecular complexity index is 690. The molecule has 0 saturated carbocycles. The Kier molecular flexibility index (Phi) is 4.54. The highest BCUT2D eigenvalue weighted by molar-refractivity contribution is 5.56. The van der Waals surface area contributed by atoms with Gasteiger partial charge in [-0.05, 0) is 44.0 Å². The molecule has 108 valence electrons. The molecule has 0 spiro atoms. The molecular formula is C17H16F2N2. The molecule has 0 amide bonds. The molecule has 0 saturated heterocycles. The molecule has 1 unspecified atom stereocenters. The second-order valence-electron chi connectivity index (χ2n) is 5.08. The van der Waals surface area contributed by atoms with Gasteiger partial charge in [-0.15, -0.1) is 0 Å². The Morgan fingerprint density at radius 2 is 1.90 bits per heavy atom. The van der Waals surface area contributed by atoms with Gasteiger partial charge in [0.05, 0.1) is 11.6 Å². The predicted octanol–water partition coefficient (Wildman–Crippen LogP) is 4.19. The normalized spacial score (nSPS) is 11.8. The van der Waals surface area contributed by atoms with Gasteiger partial charge in [-0.25, -0.2) is 8.78 Å². The molecule has 0 fully saturated rings. The molecule has 0 aromatic heterocycles. The van der Waals surface area contributed by atoms with Crippen molar-refractivity contribution in [2.75, 3.05) is 5.32 Å². The number of halogens is 2. The van der Waals surface area contributed by atoms with Gasteiger partial charge < -0.3 is 5.32 Å². The Hall–Kier alpha value is -2.41. The van der Waals surface area contributed by atoms with Crippen LogP contribution in [0.4, 0.5) is 14.5 Å². The minimum Gasteiger partial charge on any atom is -0.382 e. The number of hydrogen-bond donors (Lipinski definition) is 1. The second-order valence-corrected chi connectivity index (χ2v) is 5.08. The van der Waals surface area contributed by atoms with Crippen molar-refractivity contribution >= 4 is 5.69 Å². The summed E-state index contributed by atoms with van der Waals surface area (Å²) < 4.78 is 27.3. The van der Waals surface area contributed by atoms with Crippen LogP contribution in [0.25, 0.3) is 0 Å². The van der Waals surface area contributed by atoms with Gasteiger partial charge in [0.25, 0.3) is 0 Å². The minimum atomic E-state index is -0.422. The molecule has 0 radical (unpaired) electrons. The maximum absolute atomic E-state index is 13.7. The van der Waals surface area contributed by atoms with Crippen LogP contribution < -0.4 is 5.32 Å². The molecule has 2 aromatic rings. The number of anilines is 1. The van der Waals surface area contributed by atoms with Crippen LogP contribution in [0.2, 0.25) is 0 Å². The summed E-state index contributed by atoms with van der Waals surface area (Å²) in [4.78, 5) is 0. The SMILES string of the molecule is Cc1c(F)cc(C#N)cc1NC(C)Cc1ccccc1F. The summed E-state index contributed by atoms with van der Waals surface area (Å²) in [7, 11) is 0. The first kappa shape index (κ1) is 15.0. The van der Waals surface area contributed by atoms with E-state index in [0.29, 0.717) is 23.2 Å². The molecule has 4 heteroatoms. The zero-order valence-corrected chi connectivity index (χ0v) is 12.0. The van der Waals surface area contributed by atoms with Gasteiger partial charge in [0.15, 0.2) is 0 Å². The van der Waals surface area contributed by atoms with E-state index in [1.165, 1.54) is 12.1 Å². The highest BCUT2D eigenvalue weighted by Crippen LogP contribution is 2.22. The van der Waals surface area contributed by atoms with Crippen LogP contribution in [-0.4, -0.2) is 6.04 Å². The number of hydrogen-bond acceptors (Lipinski definition) is 2. The van der Waals surface area contributed by atoms with Crippen LogP contribution in [0.3, 0.4) is 0 Å². The Morgan fingerprint density at radius 3 is 2.57 bits per heavy atom. The third-order valence-corrected chi connectivity index (χ3v) is 3.36. The molecular weight excluding hydrogens is 270 g/mol. The first-order valence-electron chi connectivity index (χ1n) is 6.71. The van der Waals surface area contributed by atoms with E-state index in [2.05, 4.69) is 5.32 Å². The van der Waals surface area contributed by atoms with Gasteiger partial charge in [0.1, 0.15) is 11.6 Å². The third-order valence-electron chi connectivity index (χ3n) is 3.36. The predicted molar refractivity (Wildman–Crippen MR) is 79.0 cm³/mol. The summed E-state index contributed by atoms with van der Waals surface area (Å²) in [5, 5.41) is 12.0. The zero-order valence-electron chi connectivity index (χ0n) is 12.0. The fourth-order valence-electron chi connectivity index (χ4n) is 2.20. The van der Waals surface area contributed by atoms with Gasteiger partial charge in [-0.1, -0.05) is 18.2 Å². The van der Waals surface area contributed by atoms with Crippen LogP contribution in [0, 0.1) is 29.9 Å². The molecule has 2 nitrogen and oxygen atoms in total. The van der Waals surface area contributed by atoms with Crippen LogP contribution in [0.15, 0.2) is 36.4 Å². The highest BCUT2D eigenvalue weighted by atomic mass is 19.1. The van der Waals surface area contributed by atoms with Crippen LogP contribution in [0.1, 0.15) is 23.6 Å². The van der Waals surface area contributed by atoms with E-state index in [9.17, 15) is 8.78 Å². The number of benzene rings is 2. The Morgan fingerprint density at radius 1 is 1.19 bits per heavy atom. The summed E-state index contributed by atoms with van der Waals surface area (Å²) in [5.74, 6) is -0.672. The van der Waals surface area contributed by atoms with Gasteiger partial charge in [0, 0.05) is 17.3 Å². The summed E-state index contributed by atoms with van der Waals surface area (Å²) in [6.07, 6.45) is 0.477. The fourth-order valence-corrected chi connectivity index (χ4v) is 2.20. The molecule has 0 bridgehead atoms. The van der Waals surface area contributed by atoms with E-state index in [0.717, 1.165) is 0 Å². The molecule has 2 rings (SSSR count). The number of nitrogens with zero attached hydrogens (tertiary/aromatic N) is 1.